The Labute approximate surface area is 101 Å². The topological polar surface area (TPSA) is 45.4 Å². The van der Waals surface area contributed by atoms with Gasteiger partial charge in [0.05, 0.1) is 11.1 Å². The van der Waals surface area contributed by atoms with E-state index in [-0.39, 0.29) is 5.75 Å². The first-order chi connectivity index (χ1) is 7.90. The third-order valence-electron chi connectivity index (χ3n) is 2.90. The van der Waals surface area contributed by atoms with Crippen LogP contribution in [-0.2, 0) is 13.0 Å². The van der Waals surface area contributed by atoms with Crippen molar-refractivity contribution in [2.45, 2.75) is 39.3 Å². The van der Waals surface area contributed by atoms with Crippen molar-refractivity contribution >= 4 is 10.9 Å². The van der Waals surface area contributed by atoms with E-state index in [2.05, 4.69) is 17.6 Å². The highest BCUT2D eigenvalue weighted by molar-refractivity contribution is 5.82. The molecule has 0 amide bonds. The second kappa shape index (κ2) is 4.08. The fourth-order valence-electron chi connectivity index (χ4n) is 2.26. The summed E-state index contributed by atoms with van der Waals surface area (Å²) in [6.45, 7) is 6.51. The predicted molar refractivity (Wildman–Crippen MR) is 69.3 cm³/mol. The van der Waals surface area contributed by atoms with Crippen molar-refractivity contribution in [2.24, 2.45) is 0 Å². The summed E-state index contributed by atoms with van der Waals surface area (Å²) in [5.74, 6) is 0.278. The Bertz CT molecular complexity index is 535. The summed E-state index contributed by atoms with van der Waals surface area (Å²) in [5.41, 5.74) is 1.40. The molecule has 0 radical (unpaired) electrons. The van der Waals surface area contributed by atoms with Gasteiger partial charge >= 0.3 is 0 Å². The van der Waals surface area contributed by atoms with Gasteiger partial charge in [-0.1, -0.05) is 0 Å². The average Bonchev–Trinajstić information content (AvgIpc) is 2.51. The summed E-state index contributed by atoms with van der Waals surface area (Å²) in [4.78, 5) is 0. The molecule has 0 fully saturated rings. The van der Waals surface area contributed by atoms with Crippen LogP contribution in [0.2, 0.25) is 0 Å². The van der Waals surface area contributed by atoms with Crippen molar-refractivity contribution in [2.75, 3.05) is 0 Å². The maximum atomic E-state index is 9.91. The minimum atomic E-state index is -0.719. The molecule has 1 heterocycles. The van der Waals surface area contributed by atoms with Gasteiger partial charge in [-0.3, -0.25) is 0 Å². The fraction of sp³-hybridized carbons (Fsp3) is 0.429. The van der Waals surface area contributed by atoms with Crippen LogP contribution in [0.25, 0.3) is 10.9 Å². The monoisotopic (exact) mass is 233 g/mol. The van der Waals surface area contributed by atoms with E-state index < -0.39 is 5.60 Å². The van der Waals surface area contributed by atoms with E-state index in [9.17, 15) is 10.2 Å². The molecule has 92 valence electrons. The number of fused-ring (bicyclic) bond motifs is 1. The molecule has 2 aromatic rings. The van der Waals surface area contributed by atoms with E-state index in [0.29, 0.717) is 6.42 Å². The van der Waals surface area contributed by atoms with Gasteiger partial charge in [0.2, 0.25) is 0 Å². The molecule has 0 aliphatic heterocycles. The number of hydrogen-bond donors (Lipinski definition) is 2. The molecule has 0 spiro atoms. The summed E-state index contributed by atoms with van der Waals surface area (Å²) in [6.07, 6.45) is 0.607. The molecule has 2 N–H and O–H groups in total. The average molecular weight is 233 g/mol. The Morgan fingerprint density at radius 3 is 2.53 bits per heavy atom. The van der Waals surface area contributed by atoms with Crippen molar-refractivity contribution < 1.29 is 10.2 Å². The molecule has 0 atom stereocenters. The van der Waals surface area contributed by atoms with E-state index in [1.54, 1.807) is 12.1 Å². The highest BCUT2D eigenvalue weighted by Crippen LogP contribution is 2.26. The quantitative estimate of drug-likeness (QED) is 0.856. The van der Waals surface area contributed by atoms with Crippen LogP contribution in [0.1, 0.15) is 26.5 Å². The van der Waals surface area contributed by atoms with Gasteiger partial charge in [-0.25, -0.2) is 0 Å². The molecule has 0 unspecified atom stereocenters. The summed E-state index contributed by atoms with van der Waals surface area (Å²) in [7, 11) is 0. The first-order valence-corrected chi connectivity index (χ1v) is 5.94. The minimum absolute atomic E-state index is 0.278. The van der Waals surface area contributed by atoms with Gasteiger partial charge < -0.3 is 14.8 Å². The molecule has 3 nitrogen and oxygen atoms in total. The summed E-state index contributed by atoms with van der Waals surface area (Å²) < 4.78 is 2.13. The zero-order chi connectivity index (χ0) is 12.6. The summed E-state index contributed by atoms with van der Waals surface area (Å²) in [6, 6.07) is 7.45. The third-order valence-corrected chi connectivity index (χ3v) is 2.90. The zero-order valence-corrected chi connectivity index (χ0v) is 10.6. The second-order valence-electron chi connectivity index (χ2n) is 5.11. The Balaban J connectivity index is 2.56. The Hall–Kier alpha value is -1.48. The number of hydrogen-bond acceptors (Lipinski definition) is 2. The molecule has 0 saturated carbocycles. The number of benzene rings is 1. The van der Waals surface area contributed by atoms with Gasteiger partial charge in [0.25, 0.3) is 0 Å². The van der Waals surface area contributed by atoms with Crippen LogP contribution in [0, 0.1) is 0 Å². The maximum Gasteiger partial charge on any atom is 0.117 e. The summed E-state index contributed by atoms with van der Waals surface area (Å²) in [5, 5.41) is 20.5. The molecule has 2 rings (SSSR count). The molecule has 1 aromatic heterocycles. The molecule has 17 heavy (non-hydrogen) atoms. The molecule has 0 bridgehead atoms. The highest BCUT2D eigenvalue weighted by atomic mass is 16.3. The van der Waals surface area contributed by atoms with Crippen LogP contribution in [0.4, 0.5) is 0 Å². The number of aromatic nitrogens is 1. The Morgan fingerprint density at radius 1 is 1.24 bits per heavy atom. The van der Waals surface area contributed by atoms with Gasteiger partial charge in [-0.2, -0.15) is 0 Å². The molecule has 0 aliphatic rings. The fourth-order valence-corrected chi connectivity index (χ4v) is 2.26. The largest absolute Gasteiger partial charge is 0.508 e. The van der Waals surface area contributed by atoms with E-state index in [1.165, 1.54) is 0 Å². The standard InChI is InChI=1S/C14H19NO2/c1-4-15-11(9-14(2,3)17)7-10-5-6-12(16)8-13(10)15/h5-8,16-17H,4,9H2,1-3H3. The lowest BCUT2D eigenvalue weighted by molar-refractivity contribution is 0.0791. The Morgan fingerprint density at radius 2 is 1.94 bits per heavy atom. The van der Waals surface area contributed by atoms with Crippen LogP contribution >= 0.6 is 0 Å². The van der Waals surface area contributed by atoms with E-state index >= 15 is 0 Å². The van der Waals surface area contributed by atoms with Crippen LogP contribution in [0.3, 0.4) is 0 Å². The normalized spacial score (nSPS) is 12.2. The lowest BCUT2D eigenvalue weighted by Crippen LogP contribution is -2.23. The number of aliphatic hydroxyl groups is 1. The Kier molecular flexibility index (Phi) is 2.87. The van der Waals surface area contributed by atoms with Gasteiger partial charge in [0, 0.05) is 30.1 Å². The van der Waals surface area contributed by atoms with Crippen molar-refractivity contribution in [1.82, 2.24) is 4.57 Å². The smallest absolute Gasteiger partial charge is 0.117 e. The van der Waals surface area contributed by atoms with Crippen molar-refractivity contribution in [3.05, 3.63) is 30.0 Å². The third kappa shape index (κ3) is 2.44. The first kappa shape index (κ1) is 12.0. The lowest BCUT2D eigenvalue weighted by atomic mass is 10.0. The molecule has 1 aromatic carbocycles. The van der Waals surface area contributed by atoms with Gasteiger partial charge in [0.15, 0.2) is 0 Å². The van der Waals surface area contributed by atoms with Gasteiger partial charge in [-0.05, 0) is 39.0 Å². The summed E-state index contributed by atoms with van der Waals surface area (Å²) >= 11 is 0. The van der Waals surface area contributed by atoms with Gasteiger partial charge in [-0.15, -0.1) is 0 Å². The molecular weight excluding hydrogens is 214 g/mol. The van der Waals surface area contributed by atoms with Crippen LogP contribution in [0.15, 0.2) is 24.3 Å². The maximum absolute atomic E-state index is 9.91. The molecule has 0 saturated heterocycles. The van der Waals surface area contributed by atoms with Crippen molar-refractivity contribution in [3.63, 3.8) is 0 Å². The highest BCUT2D eigenvalue weighted by Gasteiger charge is 2.17. The van der Waals surface area contributed by atoms with Crippen LogP contribution < -0.4 is 0 Å². The second-order valence-corrected chi connectivity index (χ2v) is 5.11. The lowest BCUT2D eigenvalue weighted by Gasteiger charge is -2.18. The number of aromatic hydroxyl groups is 1. The number of phenols is 1. The van der Waals surface area contributed by atoms with Crippen molar-refractivity contribution in [1.29, 1.82) is 0 Å². The molecular formula is C14H19NO2. The number of nitrogens with zero attached hydrogens (tertiary/aromatic N) is 1. The number of aryl methyl sites for hydroxylation is 1. The van der Waals surface area contributed by atoms with Crippen LogP contribution in [0.5, 0.6) is 5.75 Å². The minimum Gasteiger partial charge on any atom is -0.508 e. The van der Waals surface area contributed by atoms with Crippen LogP contribution in [-0.4, -0.2) is 20.4 Å². The first-order valence-electron chi connectivity index (χ1n) is 5.94. The number of phenolic OH excluding ortho intramolecular Hbond substituents is 1. The molecule has 0 aliphatic carbocycles. The van der Waals surface area contributed by atoms with E-state index in [4.69, 9.17) is 0 Å². The number of rotatable bonds is 3. The van der Waals surface area contributed by atoms with E-state index in [1.807, 2.05) is 19.9 Å². The van der Waals surface area contributed by atoms with Gasteiger partial charge in [0.1, 0.15) is 5.75 Å². The zero-order valence-electron chi connectivity index (χ0n) is 10.6. The predicted octanol–water partition coefficient (Wildman–Crippen LogP) is 2.68. The molecule has 3 heteroatoms. The SMILES string of the molecule is CCn1c(CC(C)(C)O)cc2ccc(O)cc21. The van der Waals surface area contributed by atoms with E-state index in [0.717, 1.165) is 23.1 Å². The van der Waals surface area contributed by atoms with Crippen molar-refractivity contribution in [3.8, 4) is 5.75 Å².